The molecule has 0 radical (unpaired) electrons. The first-order valence-electron chi connectivity index (χ1n) is 5.47. The third-order valence-electron chi connectivity index (χ3n) is 2.94. The number of rotatable bonds is 4. The molecule has 2 rings (SSSR count). The van der Waals surface area contributed by atoms with Gasteiger partial charge in [0.2, 0.25) is 0 Å². The van der Waals surface area contributed by atoms with Crippen LogP contribution in [0.5, 0.6) is 0 Å². The maximum absolute atomic E-state index is 10.3. The summed E-state index contributed by atoms with van der Waals surface area (Å²) < 4.78 is 1.97. The quantitative estimate of drug-likeness (QED) is 0.754. The van der Waals surface area contributed by atoms with Crippen LogP contribution in [0.3, 0.4) is 0 Å². The molecule has 1 N–H and O–H groups in total. The average molecular weight is 208 g/mol. The molecule has 1 unspecified atom stereocenters. The molecule has 1 saturated carbocycles. The fourth-order valence-corrected chi connectivity index (χ4v) is 2.12. The summed E-state index contributed by atoms with van der Waals surface area (Å²) in [5, 5.41) is 13.5. The van der Waals surface area contributed by atoms with Gasteiger partial charge in [0, 0.05) is 12.6 Å². The molecule has 0 aliphatic heterocycles. The molecule has 1 aliphatic carbocycles. The van der Waals surface area contributed by atoms with Gasteiger partial charge in [-0.05, 0) is 18.9 Å². The number of aromatic nitrogens is 2. The molecule has 1 fully saturated rings. The predicted molar refractivity (Wildman–Crippen MR) is 55.5 cm³/mol. The van der Waals surface area contributed by atoms with Crippen molar-refractivity contribution in [1.82, 2.24) is 9.78 Å². The van der Waals surface area contributed by atoms with Crippen molar-refractivity contribution in [3.63, 3.8) is 0 Å². The minimum atomic E-state index is -0.920. The minimum Gasteiger partial charge on any atom is -0.385 e. The Morgan fingerprint density at radius 2 is 2.33 bits per heavy atom. The lowest BCUT2D eigenvalue weighted by atomic mass is 10.2. The molecule has 82 valence electrons. The van der Waals surface area contributed by atoms with E-state index < -0.39 is 6.10 Å². The molecule has 0 amide bonds. The van der Waals surface area contributed by atoms with E-state index in [1.165, 1.54) is 25.7 Å². The molecule has 0 aromatic carbocycles. The van der Waals surface area contributed by atoms with Gasteiger partial charge >= 0.3 is 0 Å². The number of hydrogen-bond donors (Lipinski definition) is 1. The summed E-state index contributed by atoms with van der Waals surface area (Å²) >= 11 is 0. The lowest BCUT2D eigenvalue weighted by Crippen LogP contribution is -2.13. The van der Waals surface area contributed by atoms with E-state index in [-0.39, 0.29) is 0 Å². The highest BCUT2D eigenvalue weighted by atomic mass is 16.3. The van der Waals surface area contributed by atoms with Gasteiger partial charge in [-0.25, -0.2) is 0 Å². The van der Waals surface area contributed by atoms with Crippen LogP contribution in [0, 0.1) is 0 Å². The molecule has 0 spiro atoms. The van der Waals surface area contributed by atoms with E-state index >= 15 is 0 Å². The maximum Gasteiger partial charge on any atom is 0.148 e. The summed E-state index contributed by atoms with van der Waals surface area (Å²) in [4.78, 5) is 10.3. The van der Waals surface area contributed by atoms with Crippen LogP contribution in [0.2, 0.25) is 0 Å². The van der Waals surface area contributed by atoms with Gasteiger partial charge in [0.1, 0.15) is 12.4 Å². The van der Waals surface area contributed by atoms with E-state index in [1.807, 2.05) is 16.9 Å². The number of nitrogens with zero attached hydrogens (tertiary/aromatic N) is 2. The summed E-state index contributed by atoms with van der Waals surface area (Å²) in [6, 6.07) is 2.40. The molecule has 0 bridgehead atoms. The van der Waals surface area contributed by atoms with Crippen LogP contribution in [0.15, 0.2) is 12.3 Å². The van der Waals surface area contributed by atoms with E-state index in [4.69, 9.17) is 5.11 Å². The van der Waals surface area contributed by atoms with Crippen molar-refractivity contribution in [2.45, 2.75) is 44.2 Å². The van der Waals surface area contributed by atoms with E-state index in [0.29, 0.717) is 18.7 Å². The number of carbonyl (C=O) groups is 1. The van der Waals surface area contributed by atoms with Crippen LogP contribution in [0.1, 0.15) is 37.4 Å². The summed E-state index contributed by atoms with van der Waals surface area (Å²) in [6.45, 7) is 0. The van der Waals surface area contributed by atoms with Gasteiger partial charge in [-0.2, -0.15) is 5.10 Å². The van der Waals surface area contributed by atoms with Crippen LogP contribution in [-0.4, -0.2) is 27.3 Å². The monoisotopic (exact) mass is 208 g/mol. The highest BCUT2D eigenvalue weighted by Gasteiger charge is 2.17. The Kier molecular flexibility index (Phi) is 3.16. The Morgan fingerprint density at radius 1 is 1.60 bits per heavy atom. The Balaban J connectivity index is 1.99. The highest BCUT2D eigenvalue weighted by Crippen LogP contribution is 2.28. The fraction of sp³-hybridized carbons (Fsp3) is 0.636. The van der Waals surface area contributed by atoms with Crippen LogP contribution >= 0.6 is 0 Å². The molecule has 1 aliphatic rings. The molecule has 0 saturated heterocycles. The van der Waals surface area contributed by atoms with E-state index in [9.17, 15) is 4.79 Å². The Hall–Kier alpha value is -1.16. The van der Waals surface area contributed by atoms with E-state index in [1.54, 1.807) is 0 Å². The number of aldehydes is 1. The first-order chi connectivity index (χ1) is 7.29. The van der Waals surface area contributed by atoms with Gasteiger partial charge < -0.3 is 9.90 Å². The van der Waals surface area contributed by atoms with Gasteiger partial charge in [0.25, 0.3) is 0 Å². The molecule has 4 heteroatoms. The zero-order valence-corrected chi connectivity index (χ0v) is 8.67. The molecular formula is C11H16N2O2. The molecule has 1 heterocycles. The lowest BCUT2D eigenvalue weighted by Gasteiger charge is -2.08. The molecular weight excluding hydrogens is 192 g/mol. The number of aliphatic hydroxyl groups is 1. The van der Waals surface area contributed by atoms with Crippen LogP contribution < -0.4 is 0 Å². The molecule has 4 nitrogen and oxygen atoms in total. The second-order valence-electron chi connectivity index (χ2n) is 4.13. The topological polar surface area (TPSA) is 55.1 Å². The van der Waals surface area contributed by atoms with Gasteiger partial charge in [0.05, 0.1) is 11.7 Å². The summed E-state index contributed by atoms with van der Waals surface area (Å²) in [5.41, 5.74) is 0.793. The fourth-order valence-electron chi connectivity index (χ4n) is 2.12. The van der Waals surface area contributed by atoms with Crippen LogP contribution in [-0.2, 0) is 11.2 Å². The summed E-state index contributed by atoms with van der Waals surface area (Å²) in [7, 11) is 0. The van der Waals surface area contributed by atoms with Gasteiger partial charge in [-0.15, -0.1) is 0 Å². The van der Waals surface area contributed by atoms with Crippen molar-refractivity contribution >= 4 is 6.29 Å². The normalized spacial score (nSPS) is 19.3. The number of hydrogen-bond acceptors (Lipinski definition) is 3. The van der Waals surface area contributed by atoms with E-state index in [0.717, 1.165) is 5.69 Å². The summed E-state index contributed by atoms with van der Waals surface area (Å²) in [6.07, 6.45) is 6.83. The van der Waals surface area contributed by atoms with Crippen molar-refractivity contribution in [3.8, 4) is 0 Å². The zero-order chi connectivity index (χ0) is 10.7. The Morgan fingerprint density at radius 3 is 3.00 bits per heavy atom. The van der Waals surface area contributed by atoms with Gasteiger partial charge in [0.15, 0.2) is 0 Å². The Bertz CT molecular complexity index is 329. The van der Waals surface area contributed by atoms with E-state index in [2.05, 4.69) is 5.10 Å². The molecule has 1 atom stereocenters. The first-order valence-corrected chi connectivity index (χ1v) is 5.47. The first kappa shape index (κ1) is 10.4. The largest absolute Gasteiger partial charge is 0.385 e. The van der Waals surface area contributed by atoms with Crippen LogP contribution in [0.4, 0.5) is 0 Å². The summed E-state index contributed by atoms with van der Waals surface area (Å²) in [5.74, 6) is 0. The molecule has 1 aromatic rings. The van der Waals surface area contributed by atoms with Crippen molar-refractivity contribution in [2.24, 2.45) is 0 Å². The second-order valence-corrected chi connectivity index (χ2v) is 4.13. The molecule has 15 heavy (non-hydrogen) atoms. The minimum absolute atomic E-state index is 0.323. The zero-order valence-electron chi connectivity index (χ0n) is 8.67. The maximum atomic E-state index is 10.3. The van der Waals surface area contributed by atoms with Crippen molar-refractivity contribution in [3.05, 3.63) is 18.0 Å². The van der Waals surface area contributed by atoms with Crippen LogP contribution in [0.25, 0.3) is 0 Å². The van der Waals surface area contributed by atoms with Crippen molar-refractivity contribution in [2.75, 3.05) is 0 Å². The third-order valence-corrected chi connectivity index (χ3v) is 2.94. The van der Waals surface area contributed by atoms with Crippen molar-refractivity contribution in [1.29, 1.82) is 0 Å². The lowest BCUT2D eigenvalue weighted by molar-refractivity contribution is -0.114. The number of aliphatic hydroxyl groups excluding tert-OH is 1. The molecule has 1 aromatic heterocycles. The van der Waals surface area contributed by atoms with Crippen molar-refractivity contribution < 1.29 is 9.90 Å². The average Bonchev–Trinajstić information content (AvgIpc) is 2.85. The highest BCUT2D eigenvalue weighted by molar-refractivity contribution is 5.56. The SMILES string of the molecule is O=CC(O)Cc1ccn(C2CCCC2)n1. The number of carbonyl (C=O) groups excluding carboxylic acids is 1. The second kappa shape index (κ2) is 4.57. The third kappa shape index (κ3) is 2.45. The van der Waals surface area contributed by atoms with Gasteiger partial charge in [-0.1, -0.05) is 12.8 Å². The standard InChI is InChI=1S/C11H16N2O2/c14-8-11(15)7-9-5-6-13(12-9)10-3-1-2-4-10/h5-6,8,10-11,15H,1-4,7H2. The smallest absolute Gasteiger partial charge is 0.148 e. The van der Waals surface area contributed by atoms with Gasteiger partial charge in [-0.3, -0.25) is 4.68 Å². The Labute approximate surface area is 88.9 Å². The predicted octanol–water partition coefficient (Wildman–Crippen LogP) is 1.10.